The van der Waals surface area contributed by atoms with Crippen molar-refractivity contribution in [1.82, 2.24) is 10.4 Å². The van der Waals surface area contributed by atoms with Gasteiger partial charge in [-0.25, -0.2) is 9.82 Å². The molecule has 0 aliphatic rings. The second-order valence-corrected chi connectivity index (χ2v) is 4.11. The standard InChI is InChI=1S/C14H16FN3O2/c1-19-11-4-3-5-12(20-2)13(11)14(18-16)9-6-10(15)8-17-7-9/h3-8,14,18H,16H2,1-2H3. The van der Waals surface area contributed by atoms with Crippen molar-refractivity contribution >= 4 is 0 Å². The molecule has 0 spiro atoms. The minimum atomic E-state index is -0.496. The third-order valence-electron chi connectivity index (χ3n) is 2.98. The molecule has 0 saturated heterocycles. The number of rotatable bonds is 5. The summed E-state index contributed by atoms with van der Waals surface area (Å²) in [5, 5.41) is 0. The monoisotopic (exact) mass is 277 g/mol. The fraction of sp³-hybridized carbons (Fsp3) is 0.214. The zero-order valence-electron chi connectivity index (χ0n) is 11.3. The molecule has 2 rings (SSSR count). The van der Waals surface area contributed by atoms with Gasteiger partial charge in [0.1, 0.15) is 17.3 Å². The van der Waals surface area contributed by atoms with Gasteiger partial charge in [-0.05, 0) is 23.8 Å². The maximum Gasteiger partial charge on any atom is 0.141 e. The van der Waals surface area contributed by atoms with Crippen molar-refractivity contribution in [3.63, 3.8) is 0 Å². The van der Waals surface area contributed by atoms with Gasteiger partial charge in [-0.3, -0.25) is 10.8 Å². The molecule has 1 atom stereocenters. The van der Waals surface area contributed by atoms with Crippen LogP contribution in [0.3, 0.4) is 0 Å². The largest absolute Gasteiger partial charge is 0.496 e. The summed E-state index contributed by atoms with van der Waals surface area (Å²) in [6.45, 7) is 0. The first kappa shape index (κ1) is 14.2. The number of hydrogen-bond acceptors (Lipinski definition) is 5. The molecule has 0 radical (unpaired) electrons. The number of hydrogen-bond donors (Lipinski definition) is 2. The summed E-state index contributed by atoms with van der Waals surface area (Å²) in [5.41, 5.74) is 3.91. The SMILES string of the molecule is COc1cccc(OC)c1C(NN)c1cncc(F)c1. The Balaban J connectivity index is 2.57. The molecular weight excluding hydrogens is 261 g/mol. The molecular formula is C14H16FN3O2. The van der Waals surface area contributed by atoms with Crippen molar-refractivity contribution in [2.45, 2.75) is 6.04 Å². The number of nitrogens with zero attached hydrogens (tertiary/aromatic N) is 1. The third kappa shape index (κ3) is 2.71. The summed E-state index contributed by atoms with van der Waals surface area (Å²) >= 11 is 0. The van der Waals surface area contributed by atoms with E-state index in [2.05, 4.69) is 10.4 Å². The van der Waals surface area contributed by atoms with Gasteiger partial charge in [-0.15, -0.1) is 0 Å². The van der Waals surface area contributed by atoms with Crippen LogP contribution in [0.2, 0.25) is 0 Å². The first-order chi connectivity index (χ1) is 9.71. The molecule has 1 unspecified atom stereocenters. The Morgan fingerprint density at radius 1 is 1.20 bits per heavy atom. The lowest BCUT2D eigenvalue weighted by molar-refractivity contribution is 0.377. The van der Waals surface area contributed by atoms with E-state index in [-0.39, 0.29) is 0 Å². The van der Waals surface area contributed by atoms with Crippen molar-refractivity contribution in [1.29, 1.82) is 0 Å². The van der Waals surface area contributed by atoms with Gasteiger partial charge in [0.2, 0.25) is 0 Å². The van der Waals surface area contributed by atoms with Crippen LogP contribution in [-0.2, 0) is 0 Å². The molecule has 3 N–H and O–H groups in total. The average molecular weight is 277 g/mol. The highest BCUT2D eigenvalue weighted by atomic mass is 19.1. The van der Waals surface area contributed by atoms with Gasteiger partial charge in [-0.2, -0.15) is 0 Å². The first-order valence-electron chi connectivity index (χ1n) is 5.98. The molecule has 2 aromatic rings. The van der Waals surface area contributed by atoms with Crippen LogP contribution in [0.4, 0.5) is 4.39 Å². The molecule has 6 heteroatoms. The minimum Gasteiger partial charge on any atom is -0.496 e. The number of aromatic nitrogens is 1. The van der Waals surface area contributed by atoms with Crippen molar-refractivity contribution < 1.29 is 13.9 Å². The van der Waals surface area contributed by atoms with Crippen molar-refractivity contribution in [3.05, 3.63) is 53.6 Å². The summed E-state index contributed by atoms with van der Waals surface area (Å²) in [7, 11) is 3.10. The highest BCUT2D eigenvalue weighted by molar-refractivity contribution is 5.50. The molecule has 106 valence electrons. The molecule has 20 heavy (non-hydrogen) atoms. The fourth-order valence-electron chi connectivity index (χ4n) is 2.10. The normalized spacial score (nSPS) is 12.0. The topological polar surface area (TPSA) is 69.4 Å². The van der Waals surface area contributed by atoms with E-state index in [1.165, 1.54) is 6.07 Å². The average Bonchev–Trinajstić information content (AvgIpc) is 2.48. The molecule has 0 fully saturated rings. The Morgan fingerprint density at radius 2 is 1.85 bits per heavy atom. The molecule has 1 heterocycles. The first-order valence-corrected chi connectivity index (χ1v) is 5.98. The molecule has 0 aliphatic heterocycles. The van der Waals surface area contributed by atoms with E-state index in [4.69, 9.17) is 15.3 Å². The molecule has 0 saturated carbocycles. The third-order valence-corrected chi connectivity index (χ3v) is 2.98. The summed E-state index contributed by atoms with van der Waals surface area (Å²) in [5.74, 6) is 6.38. The summed E-state index contributed by atoms with van der Waals surface area (Å²) in [6.07, 6.45) is 2.68. The van der Waals surface area contributed by atoms with E-state index >= 15 is 0 Å². The number of nitrogens with one attached hydrogen (secondary N) is 1. The van der Waals surface area contributed by atoms with Crippen LogP contribution in [0.25, 0.3) is 0 Å². The highest BCUT2D eigenvalue weighted by Crippen LogP contribution is 2.36. The van der Waals surface area contributed by atoms with Gasteiger partial charge in [-0.1, -0.05) is 6.07 Å². The number of halogens is 1. The summed E-state index contributed by atoms with van der Waals surface area (Å²) in [4.78, 5) is 3.84. The Bertz CT molecular complexity index is 570. The molecule has 1 aromatic carbocycles. The Labute approximate surface area is 116 Å². The van der Waals surface area contributed by atoms with Crippen LogP contribution < -0.4 is 20.7 Å². The van der Waals surface area contributed by atoms with Crippen LogP contribution >= 0.6 is 0 Å². The Kier molecular flexibility index (Phi) is 4.49. The van der Waals surface area contributed by atoms with E-state index < -0.39 is 11.9 Å². The van der Waals surface area contributed by atoms with Crippen LogP contribution in [0.5, 0.6) is 11.5 Å². The number of methoxy groups -OCH3 is 2. The van der Waals surface area contributed by atoms with Crippen LogP contribution in [0, 0.1) is 5.82 Å². The number of nitrogens with two attached hydrogens (primary N) is 1. The lowest BCUT2D eigenvalue weighted by Crippen LogP contribution is -2.29. The maximum absolute atomic E-state index is 13.4. The second kappa shape index (κ2) is 6.31. The van der Waals surface area contributed by atoms with Crippen LogP contribution in [0.1, 0.15) is 17.2 Å². The molecule has 0 aliphatic carbocycles. The summed E-state index contributed by atoms with van der Waals surface area (Å²) < 4.78 is 24.0. The lowest BCUT2D eigenvalue weighted by Gasteiger charge is -2.21. The number of hydrazine groups is 1. The lowest BCUT2D eigenvalue weighted by atomic mass is 9.98. The maximum atomic E-state index is 13.4. The van der Waals surface area contributed by atoms with Gasteiger partial charge in [0.15, 0.2) is 0 Å². The van der Waals surface area contributed by atoms with Gasteiger partial charge in [0.25, 0.3) is 0 Å². The van der Waals surface area contributed by atoms with E-state index in [1.807, 2.05) is 0 Å². The minimum absolute atomic E-state index is 0.434. The highest BCUT2D eigenvalue weighted by Gasteiger charge is 2.22. The quantitative estimate of drug-likeness (QED) is 0.644. The Hall–Kier alpha value is -2.18. The molecule has 5 nitrogen and oxygen atoms in total. The Morgan fingerprint density at radius 3 is 2.35 bits per heavy atom. The van der Waals surface area contributed by atoms with Crippen molar-refractivity contribution in [3.8, 4) is 11.5 Å². The van der Waals surface area contributed by atoms with E-state index in [0.29, 0.717) is 22.6 Å². The van der Waals surface area contributed by atoms with E-state index in [9.17, 15) is 4.39 Å². The van der Waals surface area contributed by atoms with Gasteiger partial charge in [0.05, 0.1) is 32.0 Å². The molecule has 1 aromatic heterocycles. The van der Waals surface area contributed by atoms with Crippen molar-refractivity contribution in [2.24, 2.45) is 5.84 Å². The fourth-order valence-corrected chi connectivity index (χ4v) is 2.10. The zero-order valence-corrected chi connectivity index (χ0v) is 11.3. The predicted octanol–water partition coefficient (Wildman–Crippen LogP) is 1.79. The van der Waals surface area contributed by atoms with E-state index in [0.717, 1.165) is 6.20 Å². The summed E-state index contributed by atoms with van der Waals surface area (Å²) in [6, 6.07) is 6.25. The molecule has 0 amide bonds. The smallest absolute Gasteiger partial charge is 0.141 e. The number of ether oxygens (including phenoxy) is 2. The number of benzene rings is 1. The van der Waals surface area contributed by atoms with Gasteiger partial charge in [0, 0.05) is 6.20 Å². The van der Waals surface area contributed by atoms with E-state index in [1.54, 1.807) is 38.6 Å². The zero-order chi connectivity index (χ0) is 14.5. The van der Waals surface area contributed by atoms with Crippen LogP contribution in [-0.4, -0.2) is 19.2 Å². The van der Waals surface area contributed by atoms with Crippen LogP contribution in [0.15, 0.2) is 36.7 Å². The number of pyridine rings is 1. The predicted molar refractivity (Wildman–Crippen MR) is 72.9 cm³/mol. The van der Waals surface area contributed by atoms with Gasteiger partial charge >= 0.3 is 0 Å². The second-order valence-electron chi connectivity index (χ2n) is 4.11. The van der Waals surface area contributed by atoms with Gasteiger partial charge < -0.3 is 9.47 Å². The van der Waals surface area contributed by atoms with Crippen molar-refractivity contribution in [2.75, 3.05) is 14.2 Å². The molecule has 0 bridgehead atoms.